The van der Waals surface area contributed by atoms with E-state index in [1.54, 1.807) is 6.07 Å². The van der Waals surface area contributed by atoms with E-state index in [9.17, 15) is 18.0 Å². The summed E-state index contributed by atoms with van der Waals surface area (Å²) >= 11 is 0. The monoisotopic (exact) mass is 227 g/mol. The van der Waals surface area contributed by atoms with Gasteiger partial charge in [-0.3, -0.25) is 4.79 Å². The fourth-order valence-electron chi connectivity index (χ4n) is 1.17. The Bertz CT molecular complexity index is 465. The summed E-state index contributed by atoms with van der Waals surface area (Å²) in [5.74, 6) is -5.06. The number of Topliss-reactive ketones (excluding diaryl/α,β-unsaturated/α-hetero) is 1. The molecule has 0 radical (unpaired) electrons. The van der Waals surface area contributed by atoms with Gasteiger partial charge in [0.15, 0.2) is 17.4 Å². The number of carbonyl (C=O) groups excluding carboxylic acids is 1. The number of carbonyl (C=O) groups is 1. The summed E-state index contributed by atoms with van der Waals surface area (Å²) in [4.78, 5) is 11.4. The van der Waals surface area contributed by atoms with E-state index in [1.807, 2.05) is 0 Å². The largest absolute Gasteiger partial charge is 0.294 e. The second kappa shape index (κ2) is 4.79. The van der Waals surface area contributed by atoms with Gasteiger partial charge in [0.25, 0.3) is 0 Å². The van der Waals surface area contributed by atoms with Crippen LogP contribution in [0.1, 0.15) is 23.7 Å². The summed E-state index contributed by atoms with van der Waals surface area (Å²) in [6.07, 6.45) is -0.224. The topological polar surface area (TPSA) is 40.9 Å². The molecule has 1 rings (SSSR count). The molecular weight excluding hydrogens is 219 g/mol. The summed E-state index contributed by atoms with van der Waals surface area (Å²) in [6.45, 7) is 1.48. The van der Waals surface area contributed by atoms with Crippen molar-refractivity contribution in [2.45, 2.75) is 13.3 Å². The maximum Gasteiger partial charge on any atom is 0.167 e. The molecule has 0 aliphatic heterocycles. The normalized spacial score (nSPS) is 11.9. The lowest BCUT2D eigenvalue weighted by Gasteiger charge is -2.04. The van der Waals surface area contributed by atoms with Crippen LogP contribution >= 0.6 is 0 Å². The molecule has 0 saturated carbocycles. The third-order valence-corrected chi connectivity index (χ3v) is 2.02. The van der Waals surface area contributed by atoms with E-state index in [-0.39, 0.29) is 6.42 Å². The molecule has 0 fully saturated rings. The zero-order valence-electron chi connectivity index (χ0n) is 8.43. The fourth-order valence-corrected chi connectivity index (χ4v) is 1.17. The van der Waals surface area contributed by atoms with Gasteiger partial charge in [-0.25, -0.2) is 13.2 Å². The Hall–Kier alpha value is -1.83. The lowest BCUT2D eigenvalue weighted by molar-refractivity contribution is 0.0968. The molecule has 1 aromatic carbocycles. The molecule has 0 amide bonds. The fraction of sp³-hybridized carbons (Fsp3) is 0.273. The van der Waals surface area contributed by atoms with Gasteiger partial charge >= 0.3 is 0 Å². The number of ketones is 1. The molecule has 84 valence electrons. The lowest BCUT2D eigenvalue weighted by Crippen LogP contribution is -2.08. The molecule has 1 atom stereocenters. The van der Waals surface area contributed by atoms with Crippen LogP contribution in [0.15, 0.2) is 12.1 Å². The average molecular weight is 227 g/mol. The van der Waals surface area contributed by atoms with Crippen molar-refractivity contribution in [1.82, 2.24) is 0 Å². The summed E-state index contributed by atoms with van der Waals surface area (Å²) in [5.41, 5.74) is -0.527. The van der Waals surface area contributed by atoms with Crippen LogP contribution in [0.5, 0.6) is 0 Å². The Balaban J connectivity index is 3.01. The highest BCUT2D eigenvalue weighted by molar-refractivity contribution is 5.96. The van der Waals surface area contributed by atoms with E-state index in [2.05, 4.69) is 0 Å². The van der Waals surface area contributed by atoms with Crippen LogP contribution in [-0.2, 0) is 0 Å². The van der Waals surface area contributed by atoms with E-state index >= 15 is 0 Å². The molecule has 0 aromatic heterocycles. The van der Waals surface area contributed by atoms with Gasteiger partial charge in [0.05, 0.1) is 17.6 Å². The van der Waals surface area contributed by atoms with Crippen molar-refractivity contribution in [3.8, 4) is 6.07 Å². The minimum Gasteiger partial charge on any atom is -0.294 e. The molecule has 0 spiro atoms. The van der Waals surface area contributed by atoms with Gasteiger partial charge in [0.1, 0.15) is 5.82 Å². The Labute approximate surface area is 90.3 Å². The number of hydrogen-bond donors (Lipinski definition) is 0. The standard InChI is InChI=1S/C11H8F3NO/c1-6(5-15)2-11(16)7-3-9(13)10(14)4-8(7)12/h3-4,6H,2H2,1H3. The first-order valence-electron chi connectivity index (χ1n) is 4.53. The number of hydrogen-bond acceptors (Lipinski definition) is 2. The summed E-state index contributed by atoms with van der Waals surface area (Å²) in [5, 5.41) is 8.47. The van der Waals surface area contributed by atoms with Crippen molar-refractivity contribution in [2.75, 3.05) is 0 Å². The molecule has 5 heteroatoms. The van der Waals surface area contributed by atoms with Crippen molar-refractivity contribution in [3.05, 3.63) is 35.1 Å². The molecule has 16 heavy (non-hydrogen) atoms. The van der Waals surface area contributed by atoms with Crippen LogP contribution in [0, 0.1) is 34.7 Å². The maximum atomic E-state index is 13.1. The molecule has 1 aromatic rings. The molecule has 0 aliphatic carbocycles. The van der Waals surface area contributed by atoms with Gasteiger partial charge in [-0.1, -0.05) is 0 Å². The Kier molecular flexibility index (Phi) is 3.67. The molecule has 0 aliphatic rings. The van der Waals surface area contributed by atoms with Crippen molar-refractivity contribution in [2.24, 2.45) is 5.92 Å². The zero-order valence-corrected chi connectivity index (χ0v) is 8.43. The van der Waals surface area contributed by atoms with E-state index < -0.39 is 34.7 Å². The molecule has 0 heterocycles. The van der Waals surface area contributed by atoms with Gasteiger partial charge in [-0.05, 0) is 13.0 Å². The van der Waals surface area contributed by atoms with Crippen LogP contribution in [0.4, 0.5) is 13.2 Å². The van der Waals surface area contributed by atoms with Gasteiger partial charge in [-0.15, -0.1) is 0 Å². The predicted octanol–water partition coefficient (Wildman–Crippen LogP) is 2.84. The van der Waals surface area contributed by atoms with Crippen molar-refractivity contribution >= 4 is 5.78 Å². The van der Waals surface area contributed by atoms with Crippen LogP contribution in [-0.4, -0.2) is 5.78 Å². The van der Waals surface area contributed by atoms with Crippen LogP contribution in [0.3, 0.4) is 0 Å². The van der Waals surface area contributed by atoms with Gasteiger partial charge in [0, 0.05) is 12.5 Å². The molecule has 0 saturated heterocycles. The minimum absolute atomic E-state index is 0.224. The van der Waals surface area contributed by atoms with Crippen molar-refractivity contribution in [3.63, 3.8) is 0 Å². The minimum atomic E-state index is -1.35. The Morgan fingerprint density at radius 3 is 2.44 bits per heavy atom. The van der Waals surface area contributed by atoms with E-state index in [0.29, 0.717) is 12.1 Å². The molecule has 0 N–H and O–H groups in total. The van der Waals surface area contributed by atoms with Crippen LogP contribution in [0.2, 0.25) is 0 Å². The Morgan fingerprint density at radius 2 is 1.88 bits per heavy atom. The maximum absolute atomic E-state index is 13.1. The van der Waals surface area contributed by atoms with Gasteiger partial charge in [0.2, 0.25) is 0 Å². The van der Waals surface area contributed by atoms with E-state index in [4.69, 9.17) is 5.26 Å². The smallest absolute Gasteiger partial charge is 0.167 e. The number of nitrogens with zero attached hydrogens (tertiary/aromatic N) is 1. The average Bonchev–Trinajstić information content (AvgIpc) is 2.23. The summed E-state index contributed by atoms with van der Waals surface area (Å²) in [6, 6.07) is 2.63. The third-order valence-electron chi connectivity index (χ3n) is 2.02. The summed E-state index contributed by atoms with van der Waals surface area (Å²) in [7, 11) is 0. The second-order valence-electron chi connectivity index (χ2n) is 3.40. The number of rotatable bonds is 3. The van der Waals surface area contributed by atoms with E-state index in [1.165, 1.54) is 6.92 Å². The van der Waals surface area contributed by atoms with Gasteiger partial charge < -0.3 is 0 Å². The molecular formula is C11H8F3NO. The molecule has 0 bridgehead atoms. The lowest BCUT2D eigenvalue weighted by atomic mass is 10.0. The highest BCUT2D eigenvalue weighted by Gasteiger charge is 2.18. The first-order valence-corrected chi connectivity index (χ1v) is 4.53. The SMILES string of the molecule is CC(C#N)CC(=O)c1cc(F)c(F)cc1F. The third kappa shape index (κ3) is 2.60. The number of halogens is 3. The van der Waals surface area contributed by atoms with Crippen molar-refractivity contribution < 1.29 is 18.0 Å². The molecule has 2 nitrogen and oxygen atoms in total. The Morgan fingerprint density at radius 1 is 1.31 bits per heavy atom. The van der Waals surface area contributed by atoms with Gasteiger partial charge in [-0.2, -0.15) is 5.26 Å². The van der Waals surface area contributed by atoms with Crippen molar-refractivity contribution in [1.29, 1.82) is 5.26 Å². The highest BCUT2D eigenvalue weighted by atomic mass is 19.2. The first-order chi connectivity index (χ1) is 7.45. The van der Waals surface area contributed by atoms with Crippen LogP contribution < -0.4 is 0 Å². The van der Waals surface area contributed by atoms with E-state index in [0.717, 1.165) is 0 Å². The first kappa shape index (κ1) is 12.2. The van der Waals surface area contributed by atoms with Crippen LogP contribution in [0.25, 0.3) is 0 Å². The quantitative estimate of drug-likeness (QED) is 0.588. The zero-order chi connectivity index (χ0) is 12.3. The highest BCUT2D eigenvalue weighted by Crippen LogP contribution is 2.17. The predicted molar refractivity (Wildman–Crippen MR) is 50.0 cm³/mol. The summed E-state index contributed by atoms with van der Waals surface area (Å²) < 4.78 is 38.5. The number of nitriles is 1. The second-order valence-corrected chi connectivity index (χ2v) is 3.40. The molecule has 1 unspecified atom stereocenters. The number of benzene rings is 1.